The Morgan fingerprint density at radius 3 is 2.20 bits per heavy atom. The highest BCUT2D eigenvalue weighted by Crippen LogP contribution is 2.28. The van der Waals surface area contributed by atoms with Gasteiger partial charge in [0.25, 0.3) is 0 Å². The van der Waals surface area contributed by atoms with Gasteiger partial charge in [0.05, 0.1) is 5.52 Å². The van der Waals surface area contributed by atoms with E-state index >= 15 is 0 Å². The first-order valence-corrected chi connectivity index (χ1v) is 8.74. The summed E-state index contributed by atoms with van der Waals surface area (Å²) < 4.78 is 0.971. The quantitative estimate of drug-likeness (QED) is 0.266. The number of nitrogens with one attached hydrogen (secondary N) is 2. The number of nitrogens with zero attached hydrogens (tertiary/aromatic N) is 1. The summed E-state index contributed by atoms with van der Waals surface area (Å²) in [5.74, 6) is 0.686. The average molecular weight is 394 g/mol. The van der Waals surface area contributed by atoms with Gasteiger partial charge >= 0.3 is 0 Å². The van der Waals surface area contributed by atoms with Crippen LogP contribution >= 0.6 is 15.9 Å². The number of halogens is 1. The third-order valence-electron chi connectivity index (χ3n) is 4.12. The van der Waals surface area contributed by atoms with Gasteiger partial charge in [-0.25, -0.2) is 10.4 Å². The van der Waals surface area contributed by atoms with Crippen LogP contribution in [0.15, 0.2) is 77.3 Å². The van der Waals surface area contributed by atoms with Crippen molar-refractivity contribution in [1.29, 1.82) is 0 Å². The maximum absolute atomic E-state index is 10.3. The normalized spacial score (nSPS) is 12.4. The largest absolute Gasteiger partial charge is 0.373 e. The number of hydrogen-bond donors (Lipinski definition) is 3. The lowest BCUT2D eigenvalue weighted by Gasteiger charge is -2.16. The average Bonchev–Trinajstić information content (AvgIpc) is 2.66. The van der Waals surface area contributed by atoms with Crippen molar-refractivity contribution in [3.8, 4) is 0 Å². The van der Waals surface area contributed by atoms with Crippen molar-refractivity contribution in [2.45, 2.75) is 6.23 Å². The topological polar surface area (TPSA) is 57.2 Å². The van der Waals surface area contributed by atoms with Gasteiger partial charge in [-0.15, -0.1) is 0 Å². The van der Waals surface area contributed by atoms with E-state index < -0.39 is 6.23 Å². The van der Waals surface area contributed by atoms with E-state index in [9.17, 15) is 5.11 Å². The molecule has 1 aromatic heterocycles. The minimum absolute atomic E-state index is 0.686. The predicted molar refractivity (Wildman–Crippen MR) is 105 cm³/mol. The van der Waals surface area contributed by atoms with Crippen molar-refractivity contribution in [2.24, 2.45) is 0 Å². The Morgan fingerprint density at radius 1 is 0.800 bits per heavy atom. The summed E-state index contributed by atoms with van der Waals surface area (Å²) in [5, 5.41) is 13.6. The molecule has 0 amide bonds. The van der Waals surface area contributed by atoms with E-state index in [1.807, 2.05) is 60.7 Å². The van der Waals surface area contributed by atoms with Gasteiger partial charge in [0.15, 0.2) is 0 Å². The van der Waals surface area contributed by atoms with Gasteiger partial charge < -0.3 is 10.5 Å². The van der Waals surface area contributed by atoms with Gasteiger partial charge in [-0.2, -0.15) is 0 Å². The van der Waals surface area contributed by atoms with E-state index in [2.05, 4.69) is 38.9 Å². The first kappa shape index (κ1) is 16.0. The zero-order chi connectivity index (χ0) is 17.2. The Hall–Kier alpha value is -2.47. The zero-order valence-electron chi connectivity index (χ0n) is 13.3. The molecule has 3 aromatic carbocycles. The van der Waals surface area contributed by atoms with E-state index in [0.717, 1.165) is 31.7 Å². The molecule has 1 heterocycles. The molecule has 124 valence electrons. The first-order valence-electron chi connectivity index (χ1n) is 7.95. The van der Waals surface area contributed by atoms with Crippen LogP contribution in [0, 0.1) is 0 Å². The van der Waals surface area contributed by atoms with E-state index in [1.165, 1.54) is 0 Å². The fourth-order valence-corrected chi connectivity index (χ4v) is 3.13. The second kappa shape index (κ2) is 6.80. The fourth-order valence-electron chi connectivity index (χ4n) is 2.86. The lowest BCUT2D eigenvalue weighted by Crippen LogP contribution is -2.27. The van der Waals surface area contributed by atoms with Crippen molar-refractivity contribution in [3.63, 3.8) is 0 Å². The number of para-hydroxylation sites is 1. The van der Waals surface area contributed by atoms with Crippen molar-refractivity contribution in [2.75, 3.05) is 5.43 Å². The Bertz CT molecular complexity index is 1030. The van der Waals surface area contributed by atoms with Crippen LogP contribution in [-0.2, 0) is 0 Å². The van der Waals surface area contributed by atoms with Crippen LogP contribution in [0.5, 0.6) is 0 Å². The van der Waals surface area contributed by atoms with Crippen molar-refractivity contribution in [3.05, 3.63) is 82.8 Å². The molecule has 3 N–H and O–H groups in total. The van der Waals surface area contributed by atoms with Crippen LogP contribution in [-0.4, -0.2) is 10.1 Å². The van der Waals surface area contributed by atoms with Gasteiger partial charge in [-0.3, -0.25) is 0 Å². The third kappa shape index (κ3) is 3.22. The Morgan fingerprint density at radius 2 is 1.44 bits per heavy atom. The second-order valence-electron chi connectivity index (χ2n) is 5.75. The van der Waals surface area contributed by atoms with Crippen molar-refractivity contribution in [1.82, 2.24) is 10.4 Å². The number of aromatic nitrogens is 1. The lowest BCUT2D eigenvalue weighted by molar-refractivity contribution is 0.148. The summed E-state index contributed by atoms with van der Waals surface area (Å²) in [6.07, 6.45) is -0.847. The second-order valence-corrected chi connectivity index (χ2v) is 6.66. The minimum Gasteiger partial charge on any atom is -0.373 e. The van der Waals surface area contributed by atoms with Crippen LogP contribution in [0.4, 0.5) is 5.82 Å². The maximum Gasteiger partial charge on any atom is 0.148 e. The molecule has 1 atom stereocenters. The summed E-state index contributed by atoms with van der Waals surface area (Å²) in [5.41, 5.74) is 7.66. The number of hydrogen-bond acceptors (Lipinski definition) is 4. The smallest absolute Gasteiger partial charge is 0.148 e. The summed E-state index contributed by atoms with van der Waals surface area (Å²) in [6, 6.07) is 23.6. The number of pyridine rings is 1. The van der Waals surface area contributed by atoms with Crippen molar-refractivity contribution < 1.29 is 5.11 Å². The van der Waals surface area contributed by atoms with Gasteiger partial charge in [-0.1, -0.05) is 70.5 Å². The molecule has 0 bridgehead atoms. The number of aliphatic hydroxyl groups excluding tert-OH is 1. The fraction of sp³-hybridized carbons (Fsp3) is 0.0500. The molecule has 4 nitrogen and oxygen atoms in total. The Labute approximate surface area is 153 Å². The molecular formula is C20H16BrN3O. The number of rotatable bonds is 4. The molecule has 25 heavy (non-hydrogen) atoms. The number of aliphatic hydroxyl groups is 1. The predicted octanol–water partition coefficient (Wildman–Crippen LogP) is 4.76. The maximum atomic E-state index is 10.3. The van der Waals surface area contributed by atoms with Crippen LogP contribution in [0.25, 0.3) is 21.7 Å². The molecule has 0 radical (unpaired) electrons. The summed E-state index contributed by atoms with van der Waals surface area (Å²) in [4.78, 5) is 4.69. The van der Waals surface area contributed by atoms with Crippen LogP contribution in [0.3, 0.4) is 0 Å². The molecule has 0 aliphatic rings. The zero-order valence-corrected chi connectivity index (χ0v) is 14.9. The minimum atomic E-state index is -0.847. The highest BCUT2D eigenvalue weighted by Gasteiger charge is 2.10. The Balaban J connectivity index is 1.67. The first-order chi connectivity index (χ1) is 12.2. The van der Waals surface area contributed by atoms with E-state index in [-0.39, 0.29) is 0 Å². The molecular weight excluding hydrogens is 378 g/mol. The third-order valence-corrected chi connectivity index (χ3v) is 4.65. The Kier molecular flexibility index (Phi) is 4.36. The van der Waals surface area contributed by atoms with Crippen LogP contribution < -0.4 is 10.9 Å². The molecule has 0 aliphatic carbocycles. The van der Waals surface area contributed by atoms with Crippen LogP contribution in [0.1, 0.15) is 11.8 Å². The highest BCUT2D eigenvalue weighted by molar-refractivity contribution is 9.10. The molecule has 0 fully saturated rings. The molecule has 5 heteroatoms. The van der Waals surface area contributed by atoms with Crippen molar-refractivity contribution >= 4 is 43.4 Å². The lowest BCUT2D eigenvalue weighted by atomic mass is 10.1. The van der Waals surface area contributed by atoms with E-state index in [1.54, 1.807) is 0 Å². The number of benzene rings is 3. The SMILES string of the molecule is OC(NNc1nc2ccccc2c2ccccc12)c1ccc(Br)cc1. The van der Waals surface area contributed by atoms with Gasteiger partial charge in [0.1, 0.15) is 12.0 Å². The number of hydrazine groups is 1. The van der Waals surface area contributed by atoms with Gasteiger partial charge in [0, 0.05) is 15.2 Å². The summed E-state index contributed by atoms with van der Waals surface area (Å²) in [6.45, 7) is 0. The van der Waals surface area contributed by atoms with Gasteiger partial charge in [0.2, 0.25) is 0 Å². The molecule has 0 saturated heterocycles. The molecule has 0 aliphatic heterocycles. The standard InChI is InChI=1S/C20H16BrN3O/c21-14-11-9-13(10-12-14)20(25)24-23-19-17-7-2-1-5-15(17)16-6-3-4-8-18(16)22-19/h1-12,20,24-25H,(H,22,23). The molecule has 0 spiro atoms. The molecule has 0 saturated carbocycles. The van der Waals surface area contributed by atoms with Gasteiger partial charge in [-0.05, 0) is 29.1 Å². The van der Waals surface area contributed by atoms with Crippen LogP contribution in [0.2, 0.25) is 0 Å². The monoisotopic (exact) mass is 393 g/mol. The summed E-state index contributed by atoms with van der Waals surface area (Å²) >= 11 is 3.39. The number of anilines is 1. The highest BCUT2D eigenvalue weighted by atomic mass is 79.9. The van der Waals surface area contributed by atoms with E-state index in [0.29, 0.717) is 5.82 Å². The molecule has 4 aromatic rings. The summed E-state index contributed by atoms with van der Waals surface area (Å²) in [7, 11) is 0. The molecule has 1 unspecified atom stereocenters. The van der Waals surface area contributed by atoms with E-state index in [4.69, 9.17) is 4.98 Å². The molecule has 4 rings (SSSR count). The number of fused-ring (bicyclic) bond motifs is 3.